The van der Waals surface area contributed by atoms with Gasteiger partial charge in [-0.25, -0.2) is 0 Å². The van der Waals surface area contributed by atoms with Crippen molar-refractivity contribution in [3.05, 3.63) is 29.3 Å². The van der Waals surface area contributed by atoms with E-state index in [2.05, 4.69) is 0 Å². The van der Waals surface area contributed by atoms with Crippen molar-refractivity contribution >= 4 is 17.6 Å². The average Bonchev–Trinajstić information content (AvgIpc) is 2.72. The van der Waals surface area contributed by atoms with Crippen LogP contribution in [0.2, 0.25) is 0 Å². The standard InChI is InChI=1S/C13H12N2O3/c1-8-2-3-9(6-14)4-11(8)15-7-10(13(17)18)5-12(15)16/h2-4,10H,5,7H2,1H3,(H,17,18). The quantitative estimate of drug-likeness (QED) is 0.850. The highest BCUT2D eigenvalue weighted by atomic mass is 16.4. The van der Waals surface area contributed by atoms with Crippen LogP contribution in [-0.2, 0) is 9.59 Å². The van der Waals surface area contributed by atoms with Crippen LogP contribution in [0.1, 0.15) is 17.5 Å². The Bertz CT molecular complexity index is 560. The second-order valence-corrected chi connectivity index (χ2v) is 4.36. The molecule has 1 aliphatic heterocycles. The zero-order valence-corrected chi connectivity index (χ0v) is 9.88. The molecule has 1 heterocycles. The summed E-state index contributed by atoms with van der Waals surface area (Å²) >= 11 is 0. The molecule has 1 amide bonds. The number of carboxylic acid groups (broad SMARTS) is 1. The average molecular weight is 244 g/mol. The second-order valence-electron chi connectivity index (χ2n) is 4.36. The van der Waals surface area contributed by atoms with Crippen LogP contribution in [0.15, 0.2) is 18.2 Å². The van der Waals surface area contributed by atoms with Gasteiger partial charge in [0.05, 0.1) is 17.6 Å². The van der Waals surface area contributed by atoms with E-state index in [-0.39, 0.29) is 18.9 Å². The van der Waals surface area contributed by atoms with Gasteiger partial charge in [0.25, 0.3) is 0 Å². The summed E-state index contributed by atoms with van der Waals surface area (Å²) < 4.78 is 0. The Balaban J connectivity index is 2.35. The van der Waals surface area contributed by atoms with Crippen LogP contribution in [0.5, 0.6) is 0 Å². The van der Waals surface area contributed by atoms with Crippen LogP contribution < -0.4 is 4.90 Å². The second kappa shape index (κ2) is 4.49. The summed E-state index contributed by atoms with van der Waals surface area (Å²) in [7, 11) is 0. The van der Waals surface area contributed by atoms with E-state index in [0.29, 0.717) is 11.3 Å². The number of anilines is 1. The molecule has 0 bridgehead atoms. The van der Waals surface area contributed by atoms with E-state index < -0.39 is 11.9 Å². The van der Waals surface area contributed by atoms with Gasteiger partial charge in [-0.3, -0.25) is 9.59 Å². The van der Waals surface area contributed by atoms with Gasteiger partial charge in [-0.2, -0.15) is 5.26 Å². The normalized spacial score (nSPS) is 18.8. The molecular formula is C13H12N2O3. The Morgan fingerprint density at radius 1 is 1.56 bits per heavy atom. The summed E-state index contributed by atoms with van der Waals surface area (Å²) in [5, 5.41) is 17.8. The third-order valence-electron chi connectivity index (χ3n) is 3.10. The van der Waals surface area contributed by atoms with Crippen molar-refractivity contribution < 1.29 is 14.7 Å². The maximum absolute atomic E-state index is 11.8. The summed E-state index contributed by atoms with van der Waals surface area (Å²) in [4.78, 5) is 24.2. The maximum atomic E-state index is 11.8. The zero-order chi connectivity index (χ0) is 13.3. The maximum Gasteiger partial charge on any atom is 0.308 e. The summed E-state index contributed by atoms with van der Waals surface area (Å²) in [6.07, 6.45) is 0.0194. The predicted molar refractivity (Wildman–Crippen MR) is 64.0 cm³/mol. The predicted octanol–water partition coefficient (Wildman–Crippen LogP) is 1.30. The minimum atomic E-state index is -0.958. The van der Waals surface area contributed by atoms with E-state index in [1.807, 2.05) is 13.0 Å². The number of rotatable bonds is 2. The molecule has 0 radical (unpaired) electrons. The molecule has 18 heavy (non-hydrogen) atoms. The van der Waals surface area contributed by atoms with Crippen LogP contribution in [0.4, 0.5) is 5.69 Å². The lowest BCUT2D eigenvalue weighted by atomic mass is 10.1. The Kier molecular flexibility index (Phi) is 3.02. The van der Waals surface area contributed by atoms with E-state index in [0.717, 1.165) is 5.56 Å². The third kappa shape index (κ3) is 2.05. The van der Waals surface area contributed by atoms with Crippen LogP contribution >= 0.6 is 0 Å². The Hall–Kier alpha value is -2.35. The SMILES string of the molecule is Cc1ccc(C#N)cc1N1CC(C(=O)O)CC1=O. The lowest BCUT2D eigenvalue weighted by Crippen LogP contribution is -2.26. The largest absolute Gasteiger partial charge is 0.481 e. The molecule has 5 nitrogen and oxygen atoms in total. The van der Waals surface area contributed by atoms with Gasteiger partial charge in [-0.1, -0.05) is 6.07 Å². The molecule has 1 aromatic carbocycles. The zero-order valence-electron chi connectivity index (χ0n) is 9.88. The first-order chi connectivity index (χ1) is 8.52. The molecular weight excluding hydrogens is 232 g/mol. The van der Waals surface area contributed by atoms with E-state index in [1.165, 1.54) is 4.90 Å². The van der Waals surface area contributed by atoms with Gasteiger partial charge < -0.3 is 10.0 Å². The lowest BCUT2D eigenvalue weighted by Gasteiger charge is -2.18. The first kappa shape index (κ1) is 12.1. The molecule has 1 aliphatic rings. The molecule has 0 aliphatic carbocycles. The highest BCUT2D eigenvalue weighted by Crippen LogP contribution is 2.28. The molecule has 1 fully saturated rings. The summed E-state index contributed by atoms with van der Waals surface area (Å²) in [5.41, 5.74) is 1.94. The lowest BCUT2D eigenvalue weighted by molar-refractivity contribution is -0.141. The molecule has 0 aromatic heterocycles. The minimum absolute atomic E-state index is 0.0194. The molecule has 1 N–H and O–H groups in total. The van der Waals surface area contributed by atoms with E-state index in [4.69, 9.17) is 10.4 Å². The number of aryl methyl sites for hydroxylation is 1. The van der Waals surface area contributed by atoms with Gasteiger partial charge in [-0.15, -0.1) is 0 Å². The number of amides is 1. The van der Waals surface area contributed by atoms with Crippen molar-refractivity contribution in [1.29, 1.82) is 5.26 Å². The first-order valence-corrected chi connectivity index (χ1v) is 5.57. The fourth-order valence-electron chi connectivity index (χ4n) is 2.08. The number of carbonyl (C=O) groups excluding carboxylic acids is 1. The molecule has 1 atom stereocenters. The number of nitrogens with zero attached hydrogens (tertiary/aromatic N) is 2. The summed E-state index contributed by atoms with van der Waals surface area (Å²) in [5.74, 6) is -1.83. The number of hydrogen-bond acceptors (Lipinski definition) is 3. The smallest absolute Gasteiger partial charge is 0.308 e. The highest BCUT2D eigenvalue weighted by molar-refractivity contribution is 5.99. The van der Waals surface area contributed by atoms with Crippen molar-refractivity contribution in [2.75, 3.05) is 11.4 Å². The van der Waals surface area contributed by atoms with Gasteiger partial charge in [-0.05, 0) is 24.6 Å². The molecule has 1 aromatic rings. The van der Waals surface area contributed by atoms with Crippen LogP contribution in [0.25, 0.3) is 0 Å². The van der Waals surface area contributed by atoms with Crippen LogP contribution in [0, 0.1) is 24.2 Å². The topological polar surface area (TPSA) is 81.4 Å². The van der Waals surface area contributed by atoms with Gasteiger partial charge in [0.15, 0.2) is 0 Å². The molecule has 1 unspecified atom stereocenters. The van der Waals surface area contributed by atoms with Crippen LogP contribution in [-0.4, -0.2) is 23.5 Å². The molecule has 0 saturated carbocycles. The Morgan fingerprint density at radius 3 is 2.83 bits per heavy atom. The van der Waals surface area contributed by atoms with Crippen LogP contribution in [0.3, 0.4) is 0 Å². The van der Waals surface area contributed by atoms with Gasteiger partial charge in [0.1, 0.15) is 0 Å². The van der Waals surface area contributed by atoms with E-state index in [1.54, 1.807) is 18.2 Å². The molecule has 0 spiro atoms. The highest BCUT2D eigenvalue weighted by Gasteiger charge is 2.35. The van der Waals surface area contributed by atoms with Crippen molar-refractivity contribution in [3.63, 3.8) is 0 Å². The number of carboxylic acids is 1. The Morgan fingerprint density at radius 2 is 2.28 bits per heavy atom. The monoisotopic (exact) mass is 244 g/mol. The third-order valence-corrected chi connectivity index (χ3v) is 3.10. The van der Waals surface area contributed by atoms with E-state index >= 15 is 0 Å². The van der Waals surface area contributed by atoms with Crippen molar-refractivity contribution in [2.24, 2.45) is 5.92 Å². The van der Waals surface area contributed by atoms with Gasteiger partial charge >= 0.3 is 5.97 Å². The number of nitriles is 1. The minimum Gasteiger partial charge on any atom is -0.481 e. The van der Waals surface area contributed by atoms with Crippen molar-refractivity contribution in [2.45, 2.75) is 13.3 Å². The van der Waals surface area contributed by atoms with E-state index in [9.17, 15) is 9.59 Å². The first-order valence-electron chi connectivity index (χ1n) is 5.57. The molecule has 2 rings (SSSR count). The van der Waals surface area contributed by atoms with Crippen molar-refractivity contribution in [3.8, 4) is 6.07 Å². The molecule has 1 saturated heterocycles. The number of aliphatic carboxylic acids is 1. The summed E-state index contributed by atoms with van der Waals surface area (Å²) in [6.45, 7) is 2.00. The fraction of sp³-hybridized carbons (Fsp3) is 0.308. The number of benzene rings is 1. The number of hydrogen-bond donors (Lipinski definition) is 1. The van der Waals surface area contributed by atoms with Crippen molar-refractivity contribution in [1.82, 2.24) is 0 Å². The molecule has 92 valence electrons. The van der Waals surface area contributed by atoms with Gasteiger partial charge in [0.2, 0.25) is 5.91 Å². The molecule has 5 heteroatoms. The summed E-state index contributed by atoms with van der Waals surface area (Å²) in [6, 6.07) is 7.07. The number of carbonyl (C=O) groups is 2. The fourth-order valence-corrected chi connectivity index (χ4v) is 2.08. The Labute approximate surface area is 104 Å². The van der Waals surface area contributed by atoms with Gasteiger partial charge in [0, 0.05) is 18.7 Å².